The molecule has 1 fully saturated rings. The van der Waals surface area contributed by atoms with Crippen molar-refractivity contribution in [2.24, 2.45) is 5.73 Å². The van der Waals surface area contributed by atoms with E-state index in [0.717, 1.165) is 55.2 Å². The molecule has 13 heteroatoms. The summed E-state index contributed by atoms with van der Waals surface area (Å²) in [6, 6.07) is 6.06. The number of nitrogens with two attached hydrogens (primary N) is 2. The fraction of sp³-hybridized carbons (Fsp3) is 0.333. The molecule has 2 heterocycles. The maximum Gasteiger partial charge on any atom is 0.416 e. The van der Waals surface area contributed by atoms with Crippen molar-refractivity contribution in [2.75, 3.05) is 10.6 Å². The molecule has 1 aromatic carbocycles. The van der Waals surface area contributed by atoms with Crippen LogP contribution in [-0.2, 0) is 11.0 Å². The second-order valence-electron chi connectivity index (χ2n) is 8.62. The second kappa shape index (κ2) is 10.9. The highest BCUT2D eigenvalue weighted by Crippen LogP contribution is 2.38. The van der Waals surface area contributed by atoms with Gasteiger partial charge in [-0.15, -0.1) is 11.3 Å². The average Bonchev–Trinajstić information content (AvgIpc) is 3.52. The van der Waals surface area contributed by atoms with Crippen LogP contribution in [0.4, 0.5) is 24.5 Å². The summed E-state index contributed by atoms with van der Waals surface area (Å²) in [6.45, 7) is 0. The number of hydrogen-bond acceptors (Lipinski definition) is 7. The Hall–Kier alpha value is -3.45. The van der Waals surface area contributed by atoms with Crippen LogP contribution in [0.2, 0.25) is 0 Å². The van der Waals surface area contributed by atoms with E-state index < -0.39 is 35.5 Å². The van der Waals surface area contributed by atoms with Gasteiger partial charge >= 0.3 is 6.18 Å². The average molecular weight is 552 g/mol. The number of anilines is 2. The molecule has 3 amide bonds. The summed E-state index contributed by atoms with van der Waals surface area (Å²) in [7, 11) is 0. The molecule has 3 aromatic rings. The lowest BCUT2D eigenvalue weighted by atomic mass is 9.95. The number of alkyl halides is 3. The molecule has 0 bridgehead atoms. The maximum absolute atomic E-state index is 13.9. The first-order valence-corrected chi connectivity index (χ1v) is 13.1. The summed E-state index contributed by atoms with van der Waals surface area (Å²) in [4.78, 5) is 40.5. The van der Waals surface area contributed by atoms with E-state index in [-0.39, 0.29) is 28.0 Å². The Morgan fingerprint density at radius 2 is 1.84 bits per heavy atom. The largest absolute Gasteiger partial charge is 0.416 e. The van der Waals surface area contributed by atoms with Gasteiger partial charge in [-0.05, 0) is 54.0 Å². The lowest BCUT2D eigenvalue weighted by Crippen LogP contribution is -2.47. The molecular weight excluding hydrogens is 527 g/mol. The Kier molecular flexibility index (Phi) is 7.83. The van der Waals surface area contributed by atoms with Gasteiger partial charge in [0.1, 0.15) is 4.88 Å². The number of thiophene rings is 1. The van der Waals surface area contributed by atoms with Gasteiger partial charge in [0.05, 0.1) is 11.3 Å². The quantitative estimate of drug-likeness (QED) is 0.390. The van der Waals surface area contributed by atoms with Crippen molar-refractivity contribution in [2.45, 2.75) is 50.4 Å². The number of carbonyl (C=O) groups excluding carboxylic acids is 3. The number of hydrogen-bond donors (Lipinski definition) is 3. The van der Waals surface area contributed by atoms with Crippen LogP contribution < -0.4 is 21.7 Å². The van der Waals surface area contributed by atoms with Gasteiger partial charge in [-0.3, -0.25) is 19.3 Å². The fourth-order valence-corrected chi connectivity index (χ4v) is 5.86. The van der Waals surface area contributed by atoms with Crippen molar-refractivity contribution in [3.63, 3.8) is 0 Å². The summed E-state index contributed by atoms with van der Waals surface area (Å²) < 4.78 is 44.6. The van der Waals surface area contributed by atoms with Gasteiger partial charge in [0, 0.05) is 16.6 Å². The summed E-state index contributed by atoms with van der Waals surface area (Å²) in [5.41, 5.74) is 9.50. The number of nitrogens with one attached hydrogen (secondary N) is 1. The van der Waals surface area contributed by atoms with Gasteiger partial charge in [0.2, 0.25) is 5.91 Å². The molecule has 196 valence electrons. The summed E-state index contributed by atoms with van der Waals surface area (Å²) >= 11 is 1.78. The minimum absolute atomic E-state index is 0.114. The molecule has 8 nitrogen and oxygen atoms in total. The van der Waals surface area contributed by atoms with E-state index in [1.54, 1.807) is 17.5 Å². The Morgan fingerprint density at radius 3 is 2.43 bits per heavy atom. The molecular formula is C24H24F3N5O3S2. The van der Waals surface area contributed by atoms with E-state index in [0.29, 0.717) is 16.4 Å². The van der Waals surface area contributed by atoms with Gasteiger partial charge < -0.3 is 16.8 Å². The molecule has 1 saturated carbocycles. The highest BCUT2D eigenvalue weighted by atomic mass is 32.1. The third kappa shape index (κ3) is 5.77. The first-order chi connectivity index (χ1) is 17.6. The summed E-state index contributed by atoms with van der Waals surface area (Å²) in [6.07, 6.45) is -0.205. The van der Waals surface area contributed by atoms with E-state index in [1.807, 2.05) is 0 Å². The number of halogens is 3. The third-order valence-electron chi connectivity index (χ3n) is 6.10. The number of primary amides is 1. The summed E-state index contributed by atoms with van der Waals surface area (Å²) in [5, 5.41) is 4.69. The van der Waals surface area contributed by atoms with Crippen LogP contribution in [0.3, 0.4) is 0 Å². The van der Waals surface area contributed by atoms with Gasteiger partial charge in [0.25, 0.3) is 11.8 Å². The molecule has 5 N–H and O–H groups in total. The van der Waals surface area contributed by atoms with E-state index in [9.17, 15) is 27.6 Å². The van der Waals surface area contributed by atoms with E-state index in [2.05, 4.69) is 9.69 Å². The van der Waals surface area contributed by atoms with Crippen molar-refractivity contribution >= 4 is 52.0 Å². The van der Waals surface area contributed by atoms with Crippen molar-refractivity contribution < 1.29 is 27.6 Å². The van der Waals surface area contributed by atoms with Crippen LogP contribution in [0.25, 0.3) is 0 Å². The minimum atomic E-state index is -4.68. The maximum atomic E-state index is 13.9. The van der Waals surface area contributed by atoms with Gasteiger partial charge in [-0.2, -0.15) is 17.5 Å². The van der Waals surface area contributed by atoms with E-state index in [1.165, 1.54) is 17.4 Å². The lowest BCUT2D eigenvalue weighted by molar-refractivity contribution is -0.137. The zero-order chi connectivity index (χ0) is 26.7. The fourth-order valence-electron chi connectivity index (χ4n) is 4.30. The summed E-state index contributed by atoms with van der Waals surface area (Å²) in [5.74, 6) is -2.36. The van der Waals surface area contributed by atoms with Crippen molar-refractivity contribution in [1.29, 1.82) is 0 Å². The number of rotatable bonds is 7. The molecule has 1 aliphatic rings. The van der Waals surface area contributed by atoms with Crippen molar-refractivity contribution in [3.8, 4) is 0 Å². The van der Waals surface area contributed by atoms with Gasteiger partial charge in [0.15, 0.2) is 11.7 Å². The zero-order valence-corrected chi connectivity index (χ0v) is 21.1. The number of nitrogen functional groups attached to an aromatic ring is 1. The molecule has 1 atom stereocenters. The van der Waals surface area contributed by atoms with Crippen molar-refractivity contribution in [1.82, 2.24) is 9.69 Å². The Bertz CT molecular complexity index is 1290. The number of benzene rings is 1. The molecule has 37 heavy (non-hydrogen) atoms. The van der Waals surface area contributed by atoms with Gasteiger partial charge in [-0.1, -0.05) is 31.4 Å². The van der Waals surface area contributed by atoms with E-state index in [4.69, 9.17) is 11.5 Å². The van der Waals surface area contributed by atoms with Crippen LogP contribution in [0.1, 0.15) is 68.7 Å². The smallest absolute Gasteiger partial charge is 0.395 e. The normalized spacial score (nSPS) is 15.2. The second-order valence-corrected chi connectivity index (χ2v) is 10.4. The standard InChI is InChI=1S/C24H24F3N5O3S2/c25-24(26,27)13-6-4-9-15(12-13)32(23(35)20-17(28)18(21(29)33)31-37-20)19(16-10-5-11-36-16)22(34)30-14-7-2-1-3-8-14/h4-6,9-12,14,19H,1-3,7-8,28H2,(H2,29,33)(H,30,34)/t19-/m1/s1. The van der Waals surface area contributed by atoms with E-state index >= 15 is 0 Å². The molecule has 0 aliphatic heterocycles. The highest BCUT2D eigenvalue weighted by molar-refractivity contribution is 7.10. The molecule has 0 unspecified atom stereocenters. The molecule has 0 radical (unpaired) electrons. The van der Waals surface area contributed by atoms with Crippen LogP contribution in [-0.4, -0.2) is 28.1 Å². The molecule has 0 saturated heterocycles. The van der Waals surface area contributed by atoms with Crippen molar-refractivity contribution in [3.05, 3.63) is 62.8 Å². The number of amides is 3. The number of carbonyl (C=O) groups is 3. The Labute approximate surface area is 218 Å². The SMILES string of the molecule is NC(=O)c1nsc(C(=O)N(c2cccc(C(F)(F)F)c2)[C@@H](C(=O)NC2CCCCC2)c2cccs2)c1N. The van der Waals surface area contributed by atoms with Crippen LogP contribution >= 0.6 is 22.9 Å². The predicted octanol–water partition coefficient (Wildman–Crippen LogP) is 4.74. The minimum Gasteiger partial charge on any atom is -0.395 e. The topological polar surface area (TPSA) is 131 Å². The van der Waals surface area contributed by atoms with Crippen LogP contribution in [0.5, 0.6) is 0 Å². The van der Waals surface area contributed by atoms with Crippen LogP contribution in [0.15, 0.2) is 41.8 Å². The van der Waals surface area contributed by atoms with Gasteiger partial charge in [-0.25, -0.2) is 0 Å². The molecule has 1 aliphatic carbocycles. The Morgan fingerprint density at radius 1 is 1.11 bits per heavy atom. The number of aromatic nitrogens is 1. The highest BCUT2D eigenvalue weighted by Gasteiger charge is 2.39. The Balaban J connectivity index is 1.84. The lowest BCUT2D eigenvalue weighted by Gasteiger charge is -2.32. The molecule has 0 spiro atoms. The number of nitrogens with zero attached hydrogens (tertiary/aromatic N) is 2. The monoisotopic (exact) mass is 551 g/mol. The molecule has 4 rings (SSSR count). The first-order valence-electron chi connectivity index (χ1n) is 11.5. The first kappa shape index (κ1) is 26.6. The third-order valence-corrected chi connectivity index (χ3v) is 7.87. The van der Waals surface area contributed by atoms with Crippen LogP contribution in [0, 0.1) is 0 Å². The predicted molar refractivity (Wildman–Crippen MR) is 135 cm³/mol. The molecule has 2 aromatic heterocycles. The zero-order valence-electron chi connectivity index (χ0n) is 19.5.